The molecule has 136 valence electrons. The summed E-state index contributed by atoms with van der Waals surface area (Å²) in [6.07, 6.45) is 2.02. The summed E-state index contributed by atoms with van der Waals surface area (Å²) in [7, 11) is 0. The Hall–Kier alpha value is -1.65. The van der Waals surface area contributed by atoms with E-state index in [1.807, 2.05) is 0 Å². The Morgan fingerprint density at radius 1 is 1.08 bits per heavy atom. The highest BCUT2D eigenvalue weighted by Crippen LogP contribution is 2.23. The fourth-order valence-corrected chi connectivity index (χ4v) is 3.21. The molecule has 1 aromatic carbocycles. The van der Waals surface area contributed by atoms with Gasteiger partial charge in [0.05, 0.1) is 18.9 Å². The largest absolute Gasteiger partial charge is 0.379 e. The van der Waals surface area contributed by atoms with E-state index in [9.17, 15) is 0 Å². The van der Waals surface area contributed by atoms with Crippen LogP contribution in [0.4, 0.5) is 0 Å². The third kappa shape index (κ3) is 5.16. The average Bonchev–Trinajstić information content (AvgIpc) is 3.11. The van der Waals surface area contributed by atoms with Crippen molar-refractivity contribution in [3.63, 3.8) is 0 Å². The van der Waals surface area contributed by atoms with E-state index in [1.165, 1.54) is 11.1 Å². The Labute approximate surface area is 151 Å². The number of benzene rings is 1. The van der Waals surface area contributed by atoms with Gasteiger partial charge < -0.3 is 9.26 Å². The zero-order chi connectivity index (χ0) is 17.6. The van der Waals surface area contributed by atoms with Gasteiger partial charge in [0, 0.05) is 32.1 Å². The van der Waals surface area contributed by atoms with Crippen molar-refractivity contribution in [2.24, 2.45) is 0 Å². The highest BCUT2D eigenvalue weighted by molar-refractivity contribution is 5.25. The lowest BCUT2D eigenvalue weighted by atomic mass is 9.94. The van der Waals surface area contributed by atoms with Crippen molar-refractivity contribution in [1.82, 2.24) is 10.1 Å². The Morgan fingerprint density at radius 2 is 1.80 bits per heavy atom. The van der Waals surface area contributed by atoms with Gasteiger partial charge in [-0.15, -0.1) is 0 Å². The summed E-state index contributed by atoms with van der Waals surface area (Å²) >= 11 is 0. The van der Waals surface area contributed by atoms with Crippen LogP contribution in [0.2, 0.25) is 0 Å². The van der Waals surface area contributed by atoms with Crippen molar-refractivity contribution >= 4 is 0 Å². The predicted octanol–water partition coefficient (Wildman–Crippen LogP) is 4.37. The van der Waals surface area contributed by atoms with E-state index >= 15 is 0 Å². The SMILES string of the molecule is CC(C)c1cc(CCC(C)c2ccc(CN3CCOCC3)cc2)on1. The number of hydrogen-bond acceptors (Lipinski definition) is 4. The van der Waals surface area contributed by atoms with E-state index in [0.29, 0.717) is 11.8 Å². The first-order valence-electron chi connectivity index (χ1n) is 9.46. The van der Waals surface area contributed by atoms with Crippen molar-refractivity contribution in [2.75, 3.05) is 26.3 Å². The monoisotopic (exact) mass is 342 g/mol. The normalized spacial score (nSPS) is 17.1. The minimum absolute atomic E-state index is 0.425. The number of rotatable bonds is 7. The fourth-order valence-electron chi connectivity index (χ4n) is 3.21. The van der Waals surface area contributed by atoms with Crippen LogP contribution in [0.1, 0.15) is 61.6 Å². The van der Waals surface area contributed by atoms with Gasteiger partial charge >= 0.3 is 0 Å². The number of ether oxygens (including phenoxy) is 1. The van der Waals surface area contributed by atoms with Crippen LogP contribution in [0.3, 0.4) is 0 Å². The van der Waals surface area contributed by atoms with Crippen LogP contribution in [0.15, 0.2) is 34.9 Å². The third-order valence-corrected chi connectivity index (χ3v) is 5.05. The molecule has 4 nitrogen and oxygen atoms in total. The summed E-state index contributed by atoms with van der Waals surface area (Å²) in [4.78, 5) is 2.46. The zero-order valence-corrected chi connectivity index (χ0v) is 15.7. The zero-order valence-electron chi connectivity index (χ0n) is 15.7. The van der Waals surface area contributed by atoms with Crippen molar-refractivity contribution < 1.29 is 9.26 Å². The van der Waals surface area contributed by atoms with Crippen LogP contribution in [-0.2, 0) is 17.7 Å². The number of hydrogen-bond donors (Lipinski definition) is 0. The van der Waals surface area contributed by atoms with Gasteiger partial charge in [0.15, 0.2) is 0 Å². The minimum Gasteiger partial charge on any atom is -0.379 e. The highest BCUT2D eigenvalue weighted by Gasteiger charge is 2.13. The summed E-state index contributed by atoms with van der Waals surface area (Å²) in [5, 5.41) is 4.14. The molecule has 4 heteroatoms. The molecule has 0 saturated carbocycles. The molecule has 0 amide bonds. The van der Waals surface area contributed by atoms with Crippen molar-refractivity contribution in [3.05, 3.63) is 52.9 Å². The quantitative estimate of drug-likeness (QED) is 0.749. The first-order chi connectivity index (χ1) is 12.1. The molecule has 1 atom stereocenters. The van der Waals surface area contributed by atoms with Crippen molar-refractivity contribution in [2.45, 2.75) is 52.0 Å². The lowest BCUT2D eigenvalue weighted by molar-refractivity contribution is 0.0342. The van der Waals surface area contributed by atoms with Gasteiger partial charge in [-0.25, -0.2) is 0 Å². The van der Waals surface area contributed by atoms with Crippen LogP contribution in [-0.4, -0.2) is 36.4 Å². The van der Waals surface area contributed by atoms with E-state index in [1.54, 1.807) is 0 Å². The molecule has 25 heavy (non-hydrogen) atoms. The molecule has 1 aliphatic heterocycles. The first kappa shape index (κ1) is 18.2. The Bertz CT molecular complexity index is 642. The third-order valence-electron chi connectivity index (χ3n) is 5.05. The number of morpholine rings is 1. The summed E-state index contributed by atoms with van der Waals surface area (Å²) in [6, 6.07) is 11.2. The molecule has 2 heterocycles. The van der Waals surface area contributed by atoms with Crippen LogP contribution >= 0.6 is 0 Å². The summed E-state index contributed by atoms with van der Waals surface area (Å²) < 4.78 is 10.9. The fraction of sp³-hybridized carbons (Fsp3) is 0.571. The molecule has 0 N–H and O–H groups in total. The van der Waals surface area contributed by atoms with E-state index in [4.69, 9.17) is 9.26 Å². The minimum atomic E-state index is 0.425. The second-order valence-corrected chi connectivity index (χ2v) is 7.44. The molecule has 0 radical (unpaired) electrons. The smallest absolute Gasteiger partial charge is 0.137 e. The second kappa shape index (κ2) is 8.63. The summed E-state index contributed by atoms with van der Waals surface area (Å²) in [5.74, 6) is 1.94. The van der Waals surface area contributed by atoms with Crippen LogP contribution in [0.5, 0.6) is 0 Å². The van der Waals surface area contributed by atoms with Gasteiger partial charge in [0.25, 0.3) is 0 Å². The molecule has 1 aromatic heterocycles. The molecule has 1 unspecified atom stereocenters. The predicted molar refractivity (Wildman–Crippen MR) is 99.9 cm³/mol. The molecule has 2 aromatic rings. The van der Waals surface area contributed by atoms with Gasteiger partial charge in [-0.3, -0.25) is 4.90 Å². The summed E-state index contributed by atoms with van der Waals surface area (Å²) in [6.45, 7) is 11.4. The summed E-state index contributed by atoms with van der Waals surface area (Å²) in [5.41, 5.74) is 3.83. The number of aromatic nitrogens is 1. The number of nitrogens with zero attached hydrogens (tertiary/aromatic N) is 2. The Balaban J connectivity index is 1.50. The van der Waals surface area contributed by atoms with Gasteiger partial charge in [-0.05, 0) is 29.4 Å². The lowest BCUT2D eigenvalue weighted by Gasteiger charge is -2.26. The maximum atomic E-state index is 5.45. The average molecular weight is 342 g/mol. The molecule has 1 saturated heterocycles. The van der Waals surface area contributed by atoms with E-state index in [0.717, 1.165) is 57.1 Å². The second-order valence-electron chi connectivity index (χ2n) is 7.44. The van der Waals surface area contributed by atoms with E-state index in [-0.39, 0.29) is 0 Å². The standard InChI is InChI=1S/C21H30N2O2/c1-16(2)21-14-20(25-22-21)9-4-17(3)19-7-5-18(6-8-19)15-23-10-12-24-13-11-23/h5-8,14,16-17H,4,9-13,15H2,1-3H3. The topological polar surface area (TPSA) is 38.5 Å². The Kier molecular flexibility index (Phi) is 6.27. The molecule has 0 aliphatic carbocycles. The molecular weight excluding hydrogens is 312 g/mol. The van der Waals surface area contributed by atoms with Crippen molar-refractivity contribution in [1.29, 1.82) is 0 Å². The number of aryl methyl sites for hydroxylation is 1. The molecular formula is C21H30N2O2. The van der Waals surface area contributed by atoms with E-state index < -0.39 is 0 Å². The van der Waals surface area contributed by atoms with Crippen LogP contribution < -0.4 is 0 Å². The molecule has 1 aliphatic rings. The van der Waals surface area contributed by atoms with Crippen molar-refractivity contribution in [3.8, 4) is 0 Å². The Morgan fingerprint density at radius 3 is 2.44 bits per heavy atom. The molecule has 1 fully saturated rings. The van der Waals surface area contributed by atoms with Gasteiger partial charge in [-0.1, -0.05) is 50.2 Å². The molecule has 3 rings (SSSR count). The van der Waals surface area contributed by atoms with Crippen LogP contribution in [0.25, 0.3) is 0 Å². The van der Waals surface area contributed by atoms with Gasteiger partial charge in [0.2, 0.25) is 0 Å². The van der Waals surface area contributed by atoms with E-state index in [2.05, 4.69) is 61.2 Å². The maximum absolute atomic E-state index is 5.45. The maximum Gasteiger partial charge on any atom is 0.137 e. The lowest BCUT2D eigenvalue weighted by Crippen LogP contribution is -2.35. The van der Waals surface area contributed by atoms with Gasteiger partial charge in [-0.2, -0.15) is 0 Å². The molecule has 0 spiro atoms. The van der Waals surface area contributed by atoms with Crippen LogP contribution in [0, 0.1) is 0 Å². The highest BCUT2D eigenvalue weighted by atomic mass is 16.5. The molecule has 0 bridgehead atoms. The van der Waals surface area contributed by atoms with Gasteiger partial charge in [0.1, 0.15) is 5.76 Å². The first-order valence-corrected chi connectivity index (χ1v) is 9.46.